The van der Waals surface area contributed by atoms with Crippen molar-refractivity contribution in [3.63, 3.8) is 0 Å². The summed E-state index contributed by atoms with van der Waals surface area (Å²) in [6.45, 7) is 3.65. The Morgan fingerprint density at radius 3 is 2.61 bits per heavy atom. The highest BCUT2D eigenvalue weighted by Crippen LogP contribution is 2.29. The second-order valence-corrected chi connectivity index (χ2v) is 4.55. The molecule has 1 heterocycles. The summed E-state index contributed by atoms with van der Waals surface area (Å²) in [5.74, 6) is 1.02. The number of aliphatic hydroxyl groups excluding tert-OH is 1. The summed E-state index contributed by atoms with van der Waals surface area (Å²) >= 11 is 6.07. The van der Waals surface area contributed by atoms with Crippen molar-refractivity contribution in [2.45, 2.75) is 20.0 Å². The molecule has 2 rings (SSSR count). The summed E-state index contributed by atoms with van der Waals surface area (Å²) in [5.41, 5.74) is 1.82. The van der Waals surface area contributed by atoms with Crippen molar-refractivity contribution in [2.24, 2.45) is 0 Å². The van der Waals surface area contributed by atoms with Crippen LogP contribution in [0.4, 0.5) is 0 Å². The summed E-state index contributed by atoms with van der Waals surface area (Å²) in [7, 11) is 0. The fraction of sp³-hybridized carbons (Fsp3) is 0.214. The zero-order valence-corrected chi connectivity index (χ0v) is 11.0. The predicted octanol–water partition coefficient (Wildman–Crippen LogP) is 3.89. The molecule has 4 heteroatoms. The average Bonchev–Trinajstić information content (AvgIpc) is 2.33. The molecule has 1 N–H and O–H groups in total. The number of hydrogen-bond donors (Lipinski definition) is 1. The molecule has 94 valence electrons. The van der Waals surface area contributed by atoms with E-state index in [2.05, 4.69) is 4.98 Å². The van der Waals surface area contributed by atoms with Crippen LogP contribution in [0.15, 0.2) is 36.5 Å². The molecule has 3 nitrogen and oxygen atoms in total. The van der Waals surface area contributed by atoms with Gasteiger partial charge in [0.15, 0.2) is 0 Å². The topological polar surface area (TPSA) is 42.4 Å². The van der Waals surface area contributed by atoms with E-state index in [0.717, 1.165) is 11.1 Å². The third kappa shape index (κ3) is 3.00. The Morgan fingerprint density at radius 2 is 2.06 bits per heavy atom. The van der Waals surface area contributed by atoms with Crippen LogP contribution < -0.4 is 4.74 Å². The van der Waals surface area contributed by atoms with Gasteiger partial charge in [0, 0.05) is 12.3 Å². The number of pyridine rings is 1. The molecule has 1 aromatic carbocycles. The van der Waals surface area contributed by atoms with E-state index in [-0.39, 0.29) is 0 Å². The minimum Gasteiger partial charge on any atom is -0.437 e. The minimum atomic E-state index is -0.533. The minimum absolute atomic E-state index is 0.449. The van der Waals surface area contributed by atoms with Gasteiger partial charge in [0.2, 0.25) is 5.88 Å². The average molecular weight is 264 g/mol. The molecule has 0 radical (unpaired) electrons. The van der Waals surface area contributed by atoms with E-state index in [1.54, 1.807) is 25.3 Å². The third-order valence-corrected chi connectivity index (χ3v) is 2.84. The lowest BCUT2D eigenvalue weighted by atomic mass is 10.2. The maximum atomic E-state index is 9.38. The molecule has 0 aliphatic rings. The number of aliphatic hydroxyl groups is 1. The molecular formula is C14H14ClNO2. The second kappa shape index (κ2) is 5.38. The fourth-order valence-electron chi connectivity index (χ4n) is 1.50. The highest BCUT2D eigenvalue weighted by molar-refractivity contribution is 6.32. The van der Waals surface area contributed by atoms with Gasteiger partial charge in [-0.3, -0.25) is 0 Å². The lowest BCUT2D eigenvalue weighted by Crippen LogP contribution is -1.94. The van der Waals surface area contributed by atoms with E-state index in [4.69, 9.17) is 16.3 Å². The second-order valence-electron chi connectivity index (χ2n) is 4.14. The third-order valence-electron chi connectivity index (χ3n) is 2.54. The number of halogens is 1. The Balaban J connectivity index is 2.18. The van der Waals surface area contributed by atoms with E-state index in [1.807, 2.05) is 25.1 Å². The lowest BCUT2D eigenvalue weighted by Gasteiger charge is -2.08. The van der Waals surface area contributed by atoms with Gasteiger partial charge in [-0.05, 0) is 43.2 Å². The molecule has 1 atom stereocenters. The van der Waals surface area contributed by atoms with Crippen LogP contribution in [-0.4, -0.2) is 10.1 Å². The van der Waals surface area contributed by atoms with E-state index in [9.17, 15) is 5.11 Å². The molecule has 0 amide bonds. The zero-order valence-electron chi connectivity index (χ0n) is 10.2. The monoisotopic (exact) mass is 263 g/mol. The first-order chi connectivity index (χ1) is 8.56. The van der Waals surface area contributed by atoms with Crippen molar-refractivity contribution in [1.29, 1.82) is 0 Å². The predicted molar refractivity (Wildman–Crippen MR) is 71.1 cm³/mol. The normalized spacial score (nSPS) is 12.2. The van der Waals surface area contributed by atoms with Gasteiger partial charge in [-0.2, -0.15) is 0 Å². The molecule has 0 fully saturated rings. The Morgan fingerprint density at radius 1 is 1.28 bits per heavy atom. The Kier molecular flexibility index (Phi) is 3.84. The van der Waals surface area contributed by atoms with Crippen LogP contribution in [-0.2, 0) is 0 Å². The summed E-state index contributed by atoms with van der Waals surface area (Å²) in [5, 5.41) is 9.93. The largest absolute Gasteiger partial charge is 0.437 e. The molecule has 0 spiro atoms. The van der Waals surface area contributed by atoms with Gasteiger partial charge in [-0.15, -0.1) is 0 Å². The van der Waals surface area contributed by atoms with Crippen molar-refractivity contribution < 1.29 is 9.84 Å². The van der Waals surface area contributed by atoms with E-state index in [1.165, 1.54) is 0 Å². The SMILES string of the molecule is Cc1ccc(Oc2ccc(C(C)O)cn2)c(Cl)c1. The van der Waals surface area contributed by atoms with Gasteiger partial charge in [0.25, 0.3) is 0 Å². The molecule has 1 aromatic heterocycles. The number of aryl methyl sites for hydroxylation is 1. The standard InChI is InChI=1S/C14H14ClNO2/c1-9-3-5-13(12(15)7-9)18-14-6-4-11(8-16-14)10(2)17/h3-8,10,17H,1-2H3. The number of benzene rings is 1. The molecule has 0 saturated heterocycles. The number of hydrogen-bond acceptors (Lipinski definition) is 3. The smallest absolute Gasteiger partial charge is 0.219 e. The van der Waals surface area contributed by atoms with Crippen molar-refractivity contribution in [3.8, 4) is 11.6 Å². The first-order valence-electron chi connectivity index (χ1n) is 5.64. The molecule has 2 aromatic rings. The van der Waals surface area contributed by atoms with Crippen molar-refractivity contribution in [3.05, 3.63) is 52.7 Å². The maximum absolute atomic E-state index is 9.38. The van der Waals surface area contributed by atoms with Crippen LogP contribution in [0.5, 0.6) is 11.6 Å². The first kappa shape index (κ1) is 12.9. The highest BCUT2D eigenvalue weighted by Gasteiger charge is 2.05. The van der Waals surface area contributed by atoms with Crippen molar-refractivity contribution in [2.75, 3.05) is 0 Å². The van der Waals surface area contributed by atoms with E-state index < -0.39 is 6.10 Å². The van der Waals surface area contributed by atoms with Crippen LogP contribution in [0.2, 0.25) is 5.02 Å². The summed E-state index contributed by atoms with van der Waals surface area (Å²) in [4.78, 5) is 4.12. The zero-order chi connectivity index (χ0) is 13.1. The molecule has 1 unspecified atom stereocenters. The van der Waals surface area contributed by atoms with Gasteiger partial charge < -0.3 is 9.84 Å². The molecule has 0 aliphatic carbocycles. The van der Waals surface area contributed by atoms with Gasteiger partial charge in [0.05, 0.1) is 11.1 Å². The Labute approximate surface area is 111 Å². The quantitative estimate of drug-likeness (QED) is 0.914. The summed E-state index contributed by atoms with van der Waals surface area (Å²) in [6, 6.07) is 9.04. The Bertz CT molecular complexity index is 538. The molecule has 18 heavy (non-hydrogen) atoms. The number of ether oxygens (including phenoxy) is 1. The molecule has 0 bridgehead atoms. The lowest BCUT2D eigenvalue weighted by molar-refractivity contribution is 0.198. The van der Waals surface area contributed by atoms with Gasteiger partial charge in [0.1, 0.15) is 5.75 Å². The number of nitrogens with zero attached hydrogens (tertiary/aromatic N) is 1. The highest BCUT2D eigenvalue weighted by atomic mass is 35.5. The van der Waals surface area contributed by atoms with Gasteiger partial charge in [-0.1, -0.05) is 17.7 Å². The van der Waals surface area contributed by atoms with Gasteiger partial charge in [-0.25, -0.2) is 4.98 Å². The fourth-order valence-corrected chi connectivity index (χ4v) is 1.77. The van der Waals surface area contributed by atoms with Crippen LogP contribution in [0.3, 0.4) is 0 Å². The first-order valence-corrected chi connectivity index (χ1v) is 6.02. The van der Waals surface area contributed by atoms with E-state index >= 15 is 0 Å². The Hall–Kier alpha value is -1.58. The maximum Gasteiger partial charge on any atom is 0.219 e. The van der Waals surface area contributed by atoms with Crippen molar-refractivity contribution >= 4 is 11.6 Å². The molecule has 0 saturated carbocycles. The van der Waals surface area contributed by atoms with Gasteiger partial charge >= 0.3 is 0 Å². The summed E-state index contributed by atoms with van der Waals surface area (Å²) < 4.78 is 5.57. The van der Waals surface area contributed by atoms with Crippen molar-refractivity contribution in [1.82, 2.24) is 4.98 Å². The number of rotatable bonds is 3. The van der Waals surface area contributed by atoms with Crippen LogP contribution in [0.25, 0.3) is 0 Å². The summed E-state index contributed by atoms with van der Waals surface area (Å²) in [6.07, 6.45) is 1.05. The van der Waals surface area contributed by atoms with Crippen LogP contribution in [0, 0.1) is 6.92 Å². The molecular weight excluding hydrogens is 250 g/mol. The molecule has 0 aliphatic heterocycles. The number of aromatic nitrogens is 1. The van der Waals surface area contributed by atoms with Crippen LogP contribution >= 0.6 is 11.6 Å². The van der Waals surface area contributed by atoms with Crippen LogP contribution in [0.1, 0.15) is 24.2 Å². The van der Waals surface area contributed by atoms with E-state index in [0.29, 0.717) is 16.7 Å².